The molecule has 1 N–H and O–H groups in total. The highest BCUT2D eigenvalue weighted by molar-refractivity contribution is 7.11. The van der Waals surface area contributed by atoms with Crippen LogP contribution in [0.25, 0.3) is 0 Å². The zero-order valence-corrected chi connectivity index (χ0v) is 13.6. The Morgan fingerprint density at radius 1 is 1.33 bits per heavy atom. The van der Waals surface area contributed by atoms with Crippen LogP contribution in [0.5, 0.6) is 0 Å². The smallest absolute Gasteiger partial charge is 0.0936 e. The number of nitrogens with zero attached hydrogens (tertiary/aromatic N) is 1. The molecule has 104 valence electrons. The maximum atomic E-state index is 4.70. The van der Waals surface area contributed by atoms with Gasteiger partial charge in [0.25, 0.3) is 0 Å². The number of hydrogen-bond donors (Lipinski definition) is 1. The molecule has 0 saturated heterocycles. The van der Waals surface area contributed by atoms with Crippen LogP contribution in [-0.2, 0) is 6.42 Å². The monoisotopic (exact) mass is 268 g/mol. The molecule has 1 atom stereocenters. The predicted octanol–water partition coefficient (Wildman–Crippen LogP) is 4.11. The number of aryl methyl sites for hydroxylation is 2. The lowest BCUT2D eigenvalue weighted by Gasteiger charge is -2.30. The largest absolute Gasteiger partial charge is 0.314 e. The van der Waals surface area contributed by atoms with E-state index in [-0.39, 0.29) is 0 Å². The molecule has 0 spiro atoms. The summed E-state index contributed by atoms with van der Waals surface area (Å²) in [4.78, 5) is 6.06. The number of aromatic nitrogens is 1. The number of rotatable bonds is 7. The molecule has 0 radical (unpaired) electrons. The second kappa shape index (κ2) is 6.67. The van der Waals surface area contributed by atoms with Crippen molar-refractivity contribution in [3.05, 3.63) is 15.6 Å². The SMILES string of the molecule is CCCC(C)(CNC(C)C)Cc1nc(C)c(C)s1. The van der Waals surface area contributed by atoms with Crippen LogP contribution in [0, 0.1) is 19.3 Å². The minimum absolute atomic E-state index is 0.329. The van der Waals surface area contributed by atoms with E-state index < -0.39 is 0 Å². The minimum atomic E-state index is 0.329. The molecule has 1 aromatic rings. The zero-order valence-electron chi connectivity index (χ0n) is 12.8. The van der Waals surface area contributed by atoms with E-state index in [1.807, 2.05) is 11.3 Å². The Balaban J connectivity index is 2.71. The van der Waals surface area contributed by atoms with Crippen LogP contribution >= 0.6 is 11.3 Å². The number of hydrogen-bond acceptors (Lipinski definition) is 3. The Kier molecular flexibility index (Phi) is 5.80. The lowest BCUT2D eigenvalue weighted by atomic mass is 9.82. The molecule has 1 rings (SSSR count). The first-order valence-corrected chi connectivity index (χ1v) is 7.84. The van der Waals surface area contributed by atoms with Gasteiger partial charge in [-0.3, -0.25) is 0 Å². The topological polar surface area (TPSA) is 24.9 Å². The van der Waals surface area contributed by atoms with Crippen molar-refractivity contribution in [3.8, 4) is 0 Å². The average molecular weight is 268 g/mol. The van der Waals surface area contributed by atoms with Crippen molar-refractivity contribution in [1.29, 1.82) is 0 Å². The molecular formula is C15H28N2S. The highest BCUT2D eigenvalue weighted by atomic mass is 32.1. The van der Waals surface area contributed by atoms with E-state index in [1.165, 1.54) is 28.4 Å². The molecular weight excluding hydrogens is 240 g/mol. The van der Waals surface area contributed by atoms with Gasteiger partial charge in [0.15, 0.2) is 0 Å². The Morgan fingerprint density at radius 2 is 2.00 bits per heavy atom. The molecule has 0 aliphatic heterocycles. The fraction of sp³-hybridized carbons (Fsp3) is 0.800. The van der Waals surface area contributed by atoms with Gasteiger partial charge in [-0.05, 0) is 25.7 Å². The second-order valence-electron chi connectivity index (χ2n) is 6.02. The van der Waals surface area contributed by atoms with E-state index in [1.54, 1.807) is 0 Å². The van der Waals surface area contributed by atoms with Crippen molar-refractivity contribution in [2.24, 2.45) is 5.41 Å². The molecule has 0 saturated carbocycles. The van der Waals surface area contributed by atoms with E-state index in [0.717, 1.165) is 13.0 Å². The summed E-state index contributed by atoms with van der Waals surface area (Å²) in [5.74, 6) is 0. The van der Waals surface area contributed by atoms with Crippen molar-refractivity contribution < 1.29 is 0 Å². The highest BCUT2D eigenvalue weighted by Crippen LogP contribution is 2.30. The summed E-state index contributed by atoms with van der Waals surface area (Å²) < 4.78 is 0. The van der Waals surface area contributed by atoms with Gasteiger partial charge >= 0.3 is 0 Å². The van der Waals surface area contributed by atoms with Gasteiger partial charge in [0.05, 0.1) is 10.7 Å². The van der Waals surface area contributed by atoms with Gasteiger partial charge in [-0.15, -0.1) is 11.3 Å². The maximum absolute atomic E-state index is 4.70. The average Bonchev–Trinajstić information content (AvgIpc) is 2.55. The van der Waals surface area contributed by atoms with E-state index in [4.69, 9.17) is 4.98 Å². The fourth-order valence-electron chi connectivity index (χ4n) is 2.27. The third-order valence-electron chi connectivity index (χ3n) is 3.44. The van der Waals surface area contributed by atoms with Crippen molar-refractivity contribution in [3.63, 3.8) is 0 Å². The molecule has 1 heterocycles. The third-order valence-corrected chi connectivity index (χ3v) is 4.51. The van der Waals surface area contributed by atoms with Crippen LogP contribution in [0.2, 0.25) is 0 Å². The van der Waals surface area contributed by atoms with Gasteiger partial charge in [0, 0.05) is 23.9 Å². The predicted molar refractivity (Wildman–Crippen MR) is 81.4 cm³/mol. The van der Waals surface area contributed by atoms with Gasteiger partial charge < -0.3 is 5.32 Å². The fourth-order valence-corrected chi connectivity index (χ4v) is 3.42. The molecule has 0 aliphatic carbocycles. The molecule has 1 unspecified atom stereocenters. The Labute approximate surface area is 116 Å². The quantitative estimate of drug-likeness (QED) is 0.805. The van der Waals surface area contributed by atoms with Crippen LogP contribution in [0.4, 0.5) is 0 Å². The second-order valence-corrected chi connectivity index (χ2v) is 7.31. The van der Waals surface area contributed by atoms with Crippen LogP contribution < -0.4 is 5.32 Å². The standard InChI is InChI=1S/C15H28N2S/c1-7-8-15(6,10-16-11(2)3)9-14-17-12(4)13(5)18-14/h11,16H,7-10H2,1-6H3. The number of thiazole rings is 1. The van der Waals surface area contributed by atoms with Crippen molar-refractivity contribution in [1.82, 2.24) is 10.3 Å². The summed E-state index contributed by atoms with van der Waals surface area (Å²) in [6, 6.07) is 0.556. The van der Waals surface area contributed by atoms with Crippen molar-refractivity contribution >= 4 is 11.3 Å². The molecule has 3 heteroatoms. The minimum Gasteiger partial charge on any atom is -0.314 e. The Morgan fingerprint density at radius 3 is 2.44 bits per heavy atom. The lowest BCUT2D eigenvalue weighted by molar-refractivity contribution is 0.266. The molecule has 0 aromatic carbocycles. The lowest BCUT2D eigenvalue weighted by Crippen LogP contribution is -2.37. The molecule has 1 aromatic heterocycles. The van der Waals surface area contributed by atoms with Crippen LogP contribution in [0.3, 0.4) is 0 Å². The van der Waals surface area contributed by atoms with Crippen LogP contribution in [-0.4, -0.2) is 17.6 Å². The molecule has 0 amide bonds. The first-order chi connectivity index (χ1) is 8.36. The van der Waals surface area contributed by atoms with E-state index in [2.05, 4.69) is 46.9 Å². The van der Waals surface area contributed by atoms with Crippen molar-refractivity contribution in [2.75, 3.05) is 6.54 Å². The highest BCUT2D eigenvalue weighted by Gasteiger charge is 2.25. The summed E-state index contributed by atoms with van der Waals surface area (Å²) >= 11 is 1.86. The van der Waals surface area contributed by atoms with E-state index >= 15 is 0 Å². The normalized spacial score (nSPS) is 15.1. The molecule has 0 aliphatic rings. The molecule has 18 heavy (non-hydrogen) atoms. The Bertz CT molecular complexity index is 351. The van der Waals surface area contributed by atoms with Gasteiger partial charge in [-0.2, -0.15) is 0 Å². The summed E-state index contributed by atoms with van der Waals surface area (Å²) in [5, 5.41) is 4.89. The molecule has 2 nitrogen and oxygen atoms in total. The summed E-state index contributed by atoms with van der Waals surface area (Å²) in [6.45, 7) is 14.4. The van der Waals surface area contributed by atoms with E-state index in [0.29, 0.717) is 11.5 Å². The van der Waals surface area contributed by atoms with Crippen LogP contribution in [0.15, 0.2) is 0 Å². The maximum Gasteiger partial charge on any atom is 0.0936 e. The third kappa shape index (κ3) is 4.69. The Hall–Kier alpha value is -0.410. The summed E-state index contributed by atoms with van der Waals surface area (Å²) in [6.07, 6.45) is 3.59. The number of nitrogens with one attached hydrogen (secondary N) is 1. The summed E-state index contributed by atoms with van der Waals surface area (Å²) in [5.41, 5.74) is 1.53. The summed E-state index contributed by atoms with van der Waals surface area (Å²) in [7, 11) is 0. The van der Waals surface area contributed by atoms with Crippen LogP contribution in [0.1, 0.15) is 56.1 Å². The molecule has 0 fully saturated rings. The first-order valence-electron chi connectivity index (χ1n) is 7.02. The first kappa shape index (κ1) is 15.6. The van der Waals surface area contributed by atoms with Crippen molar-refractivity contribution in [2.45, 2.75) is 66.8 Å². The van der Waals surface area contributed by atoms with E-state index in [9.17, 15) is 0 Å². The molecule has 0 bridgehead atoms. The zero-order chi connectivity index (χ0) is 13.8. The van der Waals surface area contributed by atoms with Gasteiger partial charge in [-0.25, -0.2) is 4.98 Å². The van der Waals surface area contributed by atoms with Gasteiger partial charge in [-0.1, -0.05) is 34.1 Å². The van der Waals surface area contributed by atoms with Gasteiger partial charge in [0.2, 0.25) is 0 Å². The van der Waals surface area contributed by atoms with Gasteiger partial charge in [0.1, 0.15) is 0 Å².